The summed E-state index contributed by atoms with van der Waals surface area (Å²) in [5.74, 6) is 5.33. The smallest absolute Gasteiger partial charge is 0.162 e. The summed E-state index contributed by atoms with van der Waals surface area (Å²) in [6.07, 6.45) is 4.46. The van der Waals surface area contributed by atoms with Gasteiger partial charge in [-0.1, -0.05) is 126 Å². The van der Waals surface area contributed by atoms with Crippen LogP contribution >= 0.6 is 0 Å². The van der Waals surface area contributed by atoms with E-state index in [0.717, 1.165) is 161 Å². The molecule has 510 valence electrons. The minimum atomic E-state index is -0.207. The van der Waals surface area contributed by atoms with E-state index in [9.17, 15) is 0 Å². The predicted molar refractivity (Wildman–Crippen MR) is 403 cm³/mol. The maximum absolute atomic E-state index is 7.05. The van der Waals surface area contributed by atoms with Crippen LogP contribution in [0.25, 0.3) is 88.6 Å². The molecule has 8 unspecified atom stereocenters. The van der Waals surface area contributed by atoms with E-state index in [0.29, 0.717) is 47.7 Å². The highest BCUT2D eigenvalue weighted by Gasteiger charge is 2.46. The van der Waals surface area contributed by atoms with Crippen LogP contribution in [0.2, 0.25) is 0 Å². The highest BCUT2D eigenvalue weighted by molar-refractivity contribution is 6.12. The fourth-order valence-electron chi connectivity index (χ4n) is 14.3. The Morgan fingerprint density at radius 3 is 0.860 bits per heavy atom. The van der Waals surface area contributed by atoms with Gasteiger partial charge < -0.3 is 47.9 Å². The van der Waals surface area contributed by atoms with E-state index in [1.165, 1.54) is 22.3 Å². The van der Waals surface area contributed by atoms with Crippen LogP contribution in [0, 0.1) is 0 Å². The lowest BCUT2D eigenvalue weighted by Gasteiger charge is -2.43. The van der Waals surface area contributed by atoms with E-state index in [2.05, 4.69) is 251 Å². The van der Waals surface area contributed by atoms with E-state index in [4.69, 9.17) is 47.9 Å². The van der Waals surface area contributed by atoms with Crippen molar-refractivity contribution in [2.75, 3.05) is 0 Å². The molecule has 0 amide bonds. The standard InChI is InChI=1S/C88H90N4O8/c1-13-49(7)95-79-37-61-63(39-81(79)97-51(9)15-3)73-45-75-65-41-83(99-53(11)17-5)84(100-54(12)18-6)42-66(65)76(92-75)46-74-64-40-82(98-52(10)16-4)80(96-50(8)14-2)38-62(64)72(91-74)44-70-60-36-68-67(35-59(60)69(89-70)43-71(61)90-73)85-57-31-25-26-32-58(57)86(68)88-78(94-48-56-29-23-20-24-30-56)34-33-77(87(85)88)93-47-55-27-21-19-22-28-55/h19-46,49-54,85-86,90-91H,13-18,47-48H2,1-12H3. The van der Waals surface area contributed by atoms with Gasteiger partial charge in [-0.2, -0.15) is 0 Å². The second kappa shape index (κ2) is 27.5. The van der Waals surface area contributed by atoms with Gasteiger partial charge in [0.15, 0.2) is 34.5 Å². The van der Waals surface area contributed by atoms with Gasteiger partial charge in [-0.05, 0) is 198 Å². The first kappa shape index (κ1) is 65.7. The molecule has 12 heteroatoms. The Morgan fingerprint density at radius 1 is 0.300 bits per heavy atom. The van der Waals surface area contributed by atoms with Gasteiger partial charge in [0.05, 0.1) is 59.4 Å². The highest BCUT2D eigenvalue weighted by atomic mass is 16.5. The highest BCUT2D eigenvalue weighted by Crippen LogP contribution is 2.62. The summed E-state index contributed by atoms with van der Waals surface area (Å²) in [6, 6.07) is 60.6. The second-order valence-corrected chi connectivity index (χ2v) is 27.8. The van der Waals surface area contributed by atoms with Gasteiger partial charge in [-0.25, -0.2) is 9.97 Å². The third-order valence-corrected chi connectivity index (χ3v) is 20.8. The lowest BCUT2D eigenvalue weighted by molar-refractivity contribution is 0.177. The van der Waals surface area contributed by atoms with E-state index < -0.39 is 0 Å². The summed E-state index contributed by atoms with van der Waals surface area (Å²) in [6.45, 7) is 26.4. The van der Waals surface area contributed by atoms with E-state index in [1.54, 1.807) is 0 Å². The molecule has 100 heavy (non-hydrogen) atoms. The Hall–Kier alpha value is -10.2. The van der Waals surface area contributed by atoms with Gasteiger partial charge in [0.25, 0.3) is 0 Å². The van der Waals surface area contributed by atoms with E-state index in [-0.39, 0.29) is 48.5 Å². The number of ether oxygens (including phenoxy) is 8. The summed E-state index contributed by atoms with van der Waals surface area (Å²) in [5.41, 5.74) is 19.7. The van der Waals surface area contributed by atoms with Gasteiger partial charge in [-0.15, -0.1) is 0 Å². The molecule has 0 saturated carbocycles. The SMILES string of the molecule is CCC(C)Oc1cc2c(cc1OC(C)CC)-c1cc3[nH]c(cc4nc(cc5[nH]c(cc-2n1)c1cc(OC(C)CC)c(OC(C)CC)cc51)-c1cc2c(cc1-4)C1c4ccccc4C2c2c(OCc4ccccc4)ccc(OCc4ccccc4)c21)c1cc(OC(C)CC)c(OC(C)CC)cc31. The molecule has 0 spiro atoms. The summed E-state index contributed by atoms with van der Waals surface area (Å²) in [5, 5.41) is 3.79. The molecule has 3 aliphatic carbocycles. The van der Waals surface area contributed by atoms with E-state index in [1.807, 2.05) is 12.1 Å². The number of hydrogen-bond acceptors (Lipinski definition) is 10. The Kier molecular flexibility index (Phi) is 18.1. The largest absolute Gasteiger partial charge is 0.489 e. The van der Waals surface area contributed by atoms with Crippen molar-refractivity contribution in [2.24, 2.45) is 0 Å². The fraction of sp³-hybridized carbons (Fsp3) is 0.318. The second-order valence-electron chi connectivity index (χ2n) is 27.8. The first-order chi connectivity index (χ1) is 48.7. The van der Waals surface area contributed by atoms with Crippen molar-refractivity contribution in [3.8, 4) is 91.0 Å². The molecule has 10 bridgehead atoms. The lowest BCUT2D eigenvalue weighted by Crippen LogP contribution is -2.29. The predicted octanol–water partition coefficient (Wildman–Crippen LogP) is 22.5. The number of fused-ring (bicyclic) bond motifs is 20. The number of nitrogens with one attached hydrogen (secondary N) is 2. The first-order valence-corrected chi connectivity index (χ1v) is 36.4. The van der Waals surface area contributed by atoms with E-state index >= 15 is 0 Å². The molecule has 5 heterocycles. The number of aromatic amines is 2. The Bertz CT molecular complexity index is 4790. The van der Waals surface area contributed by atoms with Crippen LogP contribution in [-0.4, -0.2) is 56.6 Å². The summed E-state index contributed by atoms with van der Waals surface area (Å²) in [4.78, 5) is 19.6. The molecule has 11 aromatic rings. The van der Waals surface area contributed by atoms with Crippen molar-refractivity contribution < 1.29 is 37.9 Å². The van der Waals surface area contributed by atoms with Crippen LogP contribution in [0.5, 0.6) is 46.0 Å². The topological polar surface area (TPSA) is 131 Å². The molecule has 0 saturated heterocycles. The molecule has 3 aromatic heterocycles. The number of nitrogens with zero attached hydrogens (tertiary/aromatic N) is 2. The number of rotatable bonds is 24. The molecular formula is C88H90N4O8. The van der Waals surface area contributed by atoms with Gasteiger partial charge in [0, 0.05) is 88.8 Å². The van der Waals surface area contributed by atoms with Crippen molar-refractivity contribution in [2.45, 2.75) is 183 Å². The van der Waals surface area contributed by atoms with Gasteiger partial charge in [0.2, 0.25) is 0 Å². The average molecular weight is 1330 g/mol. The van der Waals surface area contributed by atoms with Crippen LogP contribution in [0.4, 0.5) is 0 Å². The molecular weight excluding hydrogens is 1240 g/mol. The first-order valence-electron chi connectivity index (χ1n) is 36.4. The maximum Gasteiger partial charge on any atom is 0.162 e. The van der Waals surface area contributed by atoms with Crippen LogP contribution < -0.4 is 37.9 Å². The minimum Gasteiger partial charge on any atom is -0.489 e. The van der Waals surface area contributed by atoms with Gasteiger partial charge >= 0.3 is 0 Å². The van der Waals surface area contributed by atoms with Crippen molar-refractivity contribution in [3.63, 3.8) is 0 Å². The molecule has 0 radical (unpaired) electrons. The van der Waals surface area contributed by atoms with Crippen molar-refractivity contribution >= 4 is 43.6 Å². The molecule has 12 nitrogen and oxygen atoms in total. The third kappa shape index (κ3) is 12.3. The maximum atomic E-state index is 7.05. The molecule has 2 N–H and O–H groups in total. The summed E-state index contributed by atoms with van der Waals surface area (Å²) < 4.78 is 55.1. The molecule has 8 atom stereocenters. The van der Waals surface area contributed by atoms with Crippen molar-refractivity contribution in [1.29, 1.82) is 0 Å². The van der Waals surface area contributed by atoms with Crippen LogP contribution in [-0.2, 0) is 13.2 Å². The minimum absolute atomic E-state index is 0.0719. The quantitative estimate of drug-likeness (QED) is 0.0603. The number of H-pyrrole nitrogens is 2. The lowest BCUT2D eigenvalue weighted by atomic mass is 9.60. The van der Waals surface area contributed by atoms with Crippen LogP contribution in [0.15, 0.2) is 170 Å². The monoisotopic (exact) mass is 1330 g/mol. The van der Waals surface area contributed by atoms with Crippen molar-refractivity contribution in [3.05, 3.63) is 214 Å². The van der Waals surface area contributed by atoms with Crippen LogP contribution in [0.1, 0.15) is 178 Å². The Morgan fingerprint density at radius 2 is 0.570 bits per heavy atom. The Labute approximate surface area is 587 Å². The summed E-state index contributed by atoms with van der Waals surface area (Å²) in [7, 11) is 0. The number of benzene rings is 8. The fourth-order valence-corrected chi connectivity index (χ4v) is 14.3. The summed E-state index contributed by atoms with van der Waals surface area (Å²) >= 11 is 0. The molecule has 2 aliphatic heterocycles. The third-order valence-electron chi connectivity index (χ3n) is 20.8. The molecule has 0 fully saturated rings. The van der Waals surface area contributed by atoms with Gasteiger partial charge in [-0.3, -0.25) is 0 Å². The van der Waals surface area contributed by atoms with Gasteiger partial charge in [0.1, 0.15) is 24.7 Å². The zero-order valence-corrected chi connectivity index (χ0v) is 59.6. The average Bonchev–Trinajstić information content (AvgIpc) is 0.868. The molecule has 5 aliphatic rings. The number of aromatic nitrogens is 4. The Balaban J connectivity index is 1.04. The van der Waals surface area contributed by atoms with Crippen LogP contribution in [0.3, 0.4) is 0 Å². The normalized spacial score (nSPS) is 15.7. The molecule has 16 rings (SSSR count). The number of hydrogen-bond donors (Lipinski definition) is 2. The zero-order valence-electron chi connectivity index (χ0n) is 59.6. The zero-order chi connectivity index (χ0) is 69.0. The molecule has 8 aromatic carbocycles. The van der Waals surface area contributed by atoms with Crippen molar-refractivity contribution in [1.82, 2.24) is 19.9 Å².